The molecule has 2 heteroatoms. The van der Waals surface area contributed by atoms with E-state index in [1.807, 2.05) is 32.3 Å². The smallest absolute Gasteiger partial charge is 0.222 e. The Bertz CT molecular complexity index is 362. The van der Waals surface area contributed by atoms with E-state index in [9.17, 15) is 4.79 Å². The molecule has 0 spiro atoms. The predicted molar refractivity (Wildman–Crippen MR) is 71.9 cm³/mol. The van der Waals surface area contributed by atoms with Crippen molar-refractivity contribution in [2.75, 3.05) is 14.1 Å². The van der Waals surface area contributed by atoms with Gasteiger partial charge in [-0.1, -0.05) is 51.1 Å². The number of rotatable bonds is 3. The molecule has 2 nitrogen and oxygen atoms in total. The van der Waals surface area contributed by atoms with Gasteiger partial charge in [0, 0.05) is 20.5 Å². The van der Waals surface area contributed by atoms with Gasteiger partial charge in [-0.05, 0) is 16.9 Å². The molecule has 0 aromatic heterocycles. The van der Waals surface area contributed by atoms with Gasteiger partial charge < -0.3 is 4.90 Å². The van der Waals surface area contributed by atoms with Crippen LogP contribution in [0.25, 0.3) is 0 Å². The van der Waals surface area contributed by atoms with Gasteiger partial charge >= 0.3 is 0 Å². The zero-order chi connectivity index (χ0) is 13.1. The zero-order valence-electron chi connectivity index (χ0n) is 11.5. The molecule has 94 valence electrons. The van der Waals surface area contributed by atoms with Crippen molar-refractivity contribution in [2.45, 2.75) is 33.1 Å². The van der Waals surface area contributed by atoms with Crippen LogP contribution in [0.4, 0.5) is 0 Å². The fourth-order valence-corrected chi connectivity index (χ4v) is 1.97. The van der Waals surface area contributed by atoms with Crippen molar-refractivity contribution in [3.8, 4) is 0 Å². The molecule has 1 atom stereocenters. The van der Waals surface area contributed by atoms with Gasteiger partial charge in [0.2, 0.25) is 5.91 Å². The monoisotopic (exact) mass is 233 g/mol. The van der Waals surface area contributed by atoms with E-state index < -0.39 is 0 Å². The van der Waals surface area contributed by atoms with E-state index >= 15 is 0 Å². The zero-order valence-corrected chi connectivity index (χ0v) is 11.5. The Morgan fingerprint density at radius 2 is 1.71 bits per heavy atom. The lowest BCUT2D eigenvalue weighted by Gasteiger charge is -2.31. The van der Waals surface area contributed by atoms with Crippen molar-refractivity contribution in [1.82, 2.24) is 4.90 Å². The number of nitrogens with zero attached hydrogens (tertiary/aromatic N) is 1. The van der Waals surface area contributed by atoms with Crippen LogP contribution in [-0.2, 0) is 4.79 Å². The molecule has 1 unspecified atom stereocenters. The van der Waals surface area contributed by atoms with Gasteiger partial charge in [0.25, 0.3) is 0 Å². The lowest BCUT2D eigenvalue weighted by Crippen LogP contribution is -2.28. The molecule has 0 radical (unpaired) electrons. The lowest BCUT2D eigenvalue weighted by atomic mass is 9.74. The lowest BCUT2D eigenvalue weighted by molar-refractivity contribution is -0.129. The second-order valence-corrected chi connectivity index (χ2v) is 5.82. The molecule has 0 N–H and O–H groups in total. The van der Waals surface area contributed by atoms with Crippen molar-refractivity contribution in [1.29, 1.82) is 0 Å². The predicted octanol–water partition coefficient (Wildman–Crippen LogP) is 3.29. The Kier molecular flexibility index (Phi) is 4.33. The minimum absolute atomic E-state index is 0.0903. The summed E-state index contributed by atoms with van der Waals surface area (Å²) in [5.41, 5.74) is 1.34. The molecular formula is C15H23NO. The average Bonchev–Trinajstić information content (AvgIpc) is 2.25. The first kappa shape index (κ1) is 13.8. The molecule has 0 heterocycles. The molecule has 0 fully saturated rings. The number of carbonyl (C=O) groups is 1. The van der Waals surface area contributed by atoms with Crippen molar-refractivity contribution < 1.29 is 4.79 Å². The van der Waals surface area contributed by atoms with E-state index in [1.54, 1.807) is 4.90 Å². The van der Waals surface area contributed by atoms with E-state index in [4.69, 9.17) is 0 Å². The standard InChI is InChI=1S/C15H23NO/c1-15(2,3)13(11-14(17)16(4)5)12-9-7-6-8-10-12/h6-10,13H,11H2,1-5H3. The molecule has 0 aliphatic heterocycles. The largest absolute Gasteiger partial charge is 0.349 e. The number of hydrogen-bond donors (Lipinski definition) is 0. The number of hydrogen-bond acceptors (Lipinski definition) is 1. The summed E-state index contributed by atoms with van der Waals surface area (Å²) in [6.07, 6.45) is 0.570. The molecule has 17 heavy (non-hydrogen) atoms. The van der Waals surface area contributed by atoms with E-state index in [1.165, 1.54) is 5.56 Å². The van der Waals surface area contributed by atoms with Gasteiger partial charge in [-0.15, -0.1) is 0 Å². The topological polar surface area (TPSA) is 20.3 Å². The average molecular weight is 233 g/mol. The van der Waals surface area contributed by atoms with E-state index in [-0.39, 0.29) is 17.2 Å². The molecule has 0 saturated heterocycles. The highest BCUT2D eigenvalue weighted by atomic mass is 16.2. The normalized spacial score (nSPS) is 13.2. The molecular weight excluding hydrogens is 210 g/mol. The van der Waals surface area contributed by atoms with Gasteiger partial charge in [0.15, 0.2) is 0 Å². The maximum atomic E-state index is 11.9. The highest BCUT2D eigenvalue weighted by Gasteiger charge is 2.28. The molecule has 0 aliphatic carbocycles. The van der Waals surface area contributed by atoms with E-state index in [0.717, 1.165) is 0 Å². The minimum Gasteiger partial charge on any atom is -0.349 e. The SMILES string of the molecule is CN(C)C(=O)CC(c1ccccc1)C(C)(C)C. The third-order valence-electron chi connectivity index (χ3n) is 3.12. The summed E-state index contributed by atoms with van der Waals surface area (Å²) in [7, 11) is 3.63. The fraction of sp³-hybridized carbons (Fsp3) is 0.533. The third-order valence-corrected chi connectivity index (χ3v) is 3.12. The fourth-order valence-electron chi connectivity index (χ4n) is 1.97. The molecule has 0 aliphatic rings. The summed E-state index contributed by atoms with van der Waals surface area (Å²) in [4.78, 5) is 13.6. The first-order chi connectivity index (χ1) is 7.82. The van der Waals surface area contributed by atoms with Crippen LogP contribution in [0.5, 0.6) is 0 Å². The minimum atomic E-state index is 0.0903. The van der Waals surface area contributed by atoms with Crippen molar-refractivity contribution in [2.24, 2.45) is 5.41 Å². The van der Waals surface area contributed by atoms with Crippen molar-refractivity contribution in [3.05, 3.63) is 35.9 Å². The number of benzene rings is 1. The first-order valence-electron chi connectivity index (χ1n) is 6.07. The van der Waals surface area contributed by atoms with Crippen LogP contribution < -0.4 is 0 Å². The van der Waals surface area contributed by atoms with Crippen LogP contribution in [0.2, 0.25) is 0 Å². The quantitative estimate of drug-likeness (QED) is 0.784. The van der Waals surface area contributed by atoms with Crippen LogP contribution in [0.15, 0.2) is 30.3 Å². The highest BCUT2D eigenvalue weighted by Crippen LogP contribution is 2.37. The third kappa shape index (κ3) is 3.88. The molecule has 1 aromatic carbocycles. The summed E-state index contributed by atoms with van der Waals surface area (Å²) in [5.74, 6) is 0.451. The van der Waals surface area contributed by atoms with Crippen molar-refractivity contribution in [3.63, 3.8) is 0 Å². The van der Waals surface area contributed by atoms with Crippen LogP contribution in [0.3, 0.4) is 0 Å². The van der Waals surface area contributed by atoms with Crippen LogP contribution in [0, 0.1) is 5.41 Å². The van der Waals surface area contributed by atoms with E-state index in [0.29, 0.717) is 6.42 Å². The van der Waals surface area contributed by atoms with Crippen molar-refractivity contribution >= 4 is 5.91 Å². The van der Waals surface area contributed by atoms with Gasteiger partial charge in [0.1, 0.15) is 0 Å². The van der Waals surface area contributed by atoms with Gasteiger partial charge in [-0.3, -0.25) is 4.79 Å². The number of carbonyl (C=O) groups excluding carboxylic acids is 1. The Labute approximate surface area is 105 Å². The summed E-state index contributed by atoms with van der Waals surface area (Å²) in [6.45, 7) is 6.56. The molecule has 1 aromatic rings. The van der Waals surface area contributed by atoms with Gasteiger partial charge in [0.05, 0.1) is 0 Å². The summed E-state index contributed by atoms with van der Waals surface area (Å²) in [5, 5.41) is 0. The second-order valence-electron chi connectivity index (χ2n) is 5.82. The van der Waals surface area contributed by atoms with Gasteiger partial charge in [-0.2, -0.15) is 0 Å². The Morgan fingerprint density at radius 1 is 1.18 bits per heavy atom. The molecule has 0 saturated carbocycles. The van der Waals surface area contributed by atoms with Gasteiger partial charge in [-0.25, -0.2) is 0 Å². The molecule has 1 rings (SSSR count). The summed E-state index contributed by atoms with van der Waals surface area (Å²) in [6, 6.07) is 10.3. The van der Waals surface area contributed by atoms with E-state index in [2.05, 4.69) is 32.9 Å². The molecule has 1 amide bonds. The first-order valence-corrected chi connectivity index (χ1v) is 6.07. The molecule has 0 bridgehead atoms. The number of amides is 1. The Balaban J connectivity index is 2.95. The maximum absolute atomic E-state index is 11.9. The highest BCUT2D eigenvalue weighted by molar-refractivity contribution is 5.76. The second kappa shape index (κ2) is 5.35. The summed E-state index contributed by atoms with van der Waals surface area (Å²) < 4.78 is 0. The van der Waals surface area contributed by atoms with Crippen LogP contribution in [0.1, 0.15) is 38.7 Å². The van der Waals surface area contributed by atoms with Crippen LogP contribution in [-0.4, -0.2) is 24.9 Å². The Morgan fingerprint density at radius 3 is 2.12 bits per heavy atom. The summed E-state index contributed by atoms with van der Waals surface area (Å²) >= 11 is 0. The van der Waals surface area contributed by atoms with Crippen LogP contribution >= 0.6 is 0 Å². The maximum Gasteiger partial charge on any atom is 0.222 e. The Hall–Kier alpha value is -1.31.